The lowest BCUT2D eigenvalue weighted by molar-refractivity contribution is 0.0949. The topological polar surface area (TPSA) is 67.2 Å². The predicted molar refractivity (Wildman–Crippen MR) is 67.2 cm³/mol. The van der Waals surface area contributed by atoms with Crippen LogP contribution in [0.4, 0.5) is 0 Å². The molecule has 1 amide bonds. The van der Waals surface area contributed by atoms with Gasteiger partial charge in [-0.25, -0.2) is 4.98 Å². The van der Waals surface area contributed by atoms with Gasteiger partial charge in [-0.2, -0.15) is 0 Å². The number of aromatic nitrogens is 2. The summed E-state index contributed by atoms with van der Waals surface area (Å²) in [6.45, 7) is 2.13. The van der Waals surface area contributed by atoms with Gasteiger partial charge in [-0.3, -0.25) is 4.79 Å². The minimum atomic E-state index is -0.180. The maximum absolute atomic E-state index is 11.9. The van der Waals surface area contributed by atoms with Crippen LogP contribution in [0.1, 0.15) is 21.7 Å². The number of nitrogens with zero attached hydrogens (tertiary/aromatic N) is 2. The molecule has 2 N–H and O–H groups in total. The molecule has 0 bridgehead atoms. The summed E-state index contributed by atoms with van der Waals surface area (Å²) in [6, 6.07) is 4.77. The number of aromatic hydroxyl groups is 1. The van der Waals surface area contributed by atoms with E-state index in [9.17, 15) is 9.90 Å². The molecular weight excluding hydrogens is 230 g/mol. The lowest BCUT2D eigenvalue weighted by Gasteiger charge is -2.06. The van der Waals surface area contributed by atoms with E-state index in [1.54, 1.807) is 25.3 Å². The van der Waals surface area contributed by atoms with Crippen LogP contribution < -0.4 is 5.32 Å². The van der Waals surface area contributed by atoms with Crippen molar-refractivity contribution < 1.29 is 9.90 Å². The molecule has 0 saturated heterocycles. The summed E-state index contributed by atoms with van der Waals surface area (Å²) in [6.07, 6.45) is 3.51. The molecule has 18 heavy (non-hydrogen) atoms. The third-order valence-corrected chi connectivity index (χ3v) is 2.79. The maximum Gasteiger partial charge on any atom is 0.251 e. The second-order valence-electron chi connectivity index (χ2n) is 4.14. The van der Waals surface area contributed by atoms with E-state index in [2.05, 4.69) is 10.3 Å². The monoisotopic (exact) mass is 245 g/mol. The predicted octanol–water partition coefficient (Wildman–Crippen LogP) is 1.36. The highest BCUT2D eigenvalue weighted by molar-refractivity contribution is 5.94. The van der Waals surface area contributed by atoms with Crippen molar-refractivity contribution in [3.63, 3.8) is 0 Å². The van der Waals surface area contributed by atoms with E-state index in [1.165, 1.54) is 6.07 Å². The molecule has 5 heteroatoms. The van der Waals surface area contributed by atoms with Crippen LogP contribution in [0.15, 0.2) is 30.6 Å². The first-order valence-electron chi connectivity index (χ1n) is 5.62. The lowest BCUT2D eigenvalue weighted by atomic mass is 10.1. The molecule has 0 aliphatic heterocycles. The third kappa shape index (κ3) is 2.51. The molecule has 1 aromatic heterocycles. The smallest absolute Gasteiger partial charge is 0.251 e. The summed E-state index contributed by atoms with van der Waals surface area (Å²) in [7, 11) is 1.87. The van der Waals surface area contributed by atoms with Crippen molar-refractivity contribution >= 4 is 5.91 Å². The van der Waals surface area contributed by atoms with Crippen molar-refractivity contribution in [3.05, 3.63) is 47.5 Å². The largest absolute Gasteiger partial charge is 0.508 e. The van der Waals surface area contributed by atoms with Gasteiger partial charge >= 0.3 is 0 Å². The SMILES string of the molecule is Cc1cc(C(=O)NCc2nccn2C)ccc1O. The van der Waals surface area contributed by atoms with Crippen molar-refractivity contribution in [3.8, 4) is 5.75 Å². The van der Waals surface area contributed by atoms with Crippen molar-refractivity contribution in [1.29, 1.82) is 0 Å². The first-order chi connectivity index (χ1) is 8.58. The Morgan fingerprint density at radius 1 is 1.50 bits per heavy atom. The number of nitrogens with one attached hydrogen (secondary N) is 1. The molecule has 5 nitrogen and oxygen atoms in total. The zero-order chi connectivity index (χ0) is 13.1. The number of hydrogen-bond donors (Lipinski definition) is 2. The van der Waals surface area contributed by atoms with Gasteiger partial charge < -0.3 is 15.0 Å². The van der Waals surface area contributed by atoms with Crippen molar-refractivity contribution in [2.75, 3.05) is 0 Å². The molecule has 1 aromatic carbocycles. The zero-order valence-corrected chi connectivity index (χ0v) is 10.3. The van der Waals surface area contributed by atoms with Gasteiger partial charge in [-0.1, -0.05) is 0 Å². The van der Waals surface area contributed by atoms with E-state index in [0.29, 0.717) is 17.7 Å². The number of phenolic OH excluding ortho intramolecular Hbond substituents is 1. The van der Waals surface area contributed by atoms with Crippen LogP contribution in [-0.2, 0) is 13.6 Å². The van der Waals surface area contributed by atoms with Gasteiger partial charge in [0.25, 0.3) is 5.91 Å². The molecule has 1 heterocycles. The lowest BCUT2D eigenvalue weighted by Crippen LogP contribution is -2.24. The first-order valence-corrected chi connectivity index (χ1v) is 5.62. The Kier molecular flexibility index (Phi) is 3.32. The van der Waals surface area contributed by atoms with Gasteiger partial charge in [0, 0.05) is 25.0 Å². The van der Waals surface area contributed by atoms with Gasteiger partial charge in [0.05, 0.1) is 6.54 Å². The molecule has 2 aromatic rings. The number of phenols is 1. The Morgan fingerprint density at radius 3 is 2.89 bits per heavy atom. The van der Waals surface area contributed by atoms with E-state index < -0.39 is 0 Å². The summed E-state index contributed by atoms with van der Waals surface area (Å²) in [5.41, 5.74) is 1.21. The minimum absolute atomic E-state index is 0.180. The number of aryl methyl sites for hydroxylation is 2. The number of benzene rings is 1. The summed E-state index contributed by atoms with van der Waals surface area (Å²) in [5, 5.41) is 12.2. The molecule has 0 unspecified atom stereocenters. The first kappa shape index (κ1) is 12.2. The second-order valence-corrected chi connectivity index (χ2v) is 4.14. The maximum atomic E-state index is 11.9. The van der Waals surface area contributed by atoms with E-state index in [-0.39, 0.29) is 11.7 Å². The fourth-order valence-electron chi connectivity index (χ4n) is 1.62. The summed E-state index contributed by atoms with van der Waals surface area (Å²) in [4.78, 5) is 16.0. The van der Waals surface area contributed by atoms with Gasteiger partial charge in [0.1, 0.15) is 11.6 Å². The highest BCUT2D eigenvalue weighted by atomic mass is 16.3. The quantitative estimate of drug-likeness (QED) is 0.858. The molecule has 0 aliphatic carbocycles. The van der Waals surface area contributed by atoms with Crippen LogP contribution in [0, 0.1) is 6.92 Å². The van der Waals surface area contributed by atoms with Crippen LogP contribution >= 0.6 is 0 Å². The summed E-state index contributed by atoms with van der Waals surface area (Å²) >= 11 is 0. The fourth-order valence-corrected chi connectivity index (χ4v) is 1.62. The minimum Gasteiger partial charge on any atom is -0.508 e. The van der Waals surface area contributed by atoms with E-state index in [0.717, 1.165) is 5.82 Å². The molecule has 0 atom stereocenters. The van der Waals surface area contributed by atoms with E-state index in [1.807, 2.05) is 17.8 Å². The second kappa shape index (κ2) is 4.91. The van der Waals surface area contributed by atoms with Crippen LogP contribution in [0.2, 0.25) is 0 Å². The normalized spacial score (nSPS) is 10.3. The Morgan fingerprint density at radius 2 is 2.28 bits per heavy atom. The van der Waals surface area contributed by atoms with Crippen molar-refractivity contribution in [2.45, 2.75) is 13.5 Å². The molecule has 0 radical (unpaired) electrons. The van der Waals surface area contributed by atoms with Gasteiger partial charge in [0.2, 0.25) is 0 Å². The molecule has 0 saturated carbocycles. The van der Waals surface area contributed by atoms with E-state index in [4.69, 9.17) is 0 Å². The van der Waals surface area contributed by atoms with Crippen LogP contribution in [0.5, 0.6) is 5.75 Å². The number of carbonyl (C=O) groups excluding carboxylic acids is 1. The highest BCUT2D eigenvalue weighted by Gasteiger charge is 2.08. The molecule has 94 valence electrons. The van der Waals surface area contributed by atoms with Crippen molar-refractivity contribution in [2.24, 2.45) is 7.05 Å². The Hall–Kier alpha value is -2.30. The molecular formula is C13H15N3O2. The molecule has 0 aliphatic rings. The number of imidazole rings is 1. The number of rotatable bonds is 3. The van der Waals surface area contributed by atoms with Gasteiger partial charge in [-0.05, 0) is 30.7 Å². The zero-order valence-electron chi connectivity index (χ0n) is 10.3. The Labute approximate surface area is 105 Å². The Balaban J connectivity index is 2.04. The van der Waals surface area contributed by atoms with Gasteiger partial charge in [0.15, 0.2) is 0 Å². The van der Waals surface area contributed by atoms with Crippen LogP contribution in [0.3, 0.4) is 0 Å². The number of carbonyl (C=O) groups is 1. The van der Waals surface area contributed by atoms with E-state index >= 15 is 0 Å². The van der Waals surface area contributed by atoms with Crippen molar-refractivity contribution in [1.82, 2.24) is 14.9 Å². The number of hydrogen-bond acceptors (Lipinski definition) is 3. The van der Waals surface area contributed by atoms with Crippen LogP contribution in [0.25, 0.3) is 0 Å². The molecule has 0 spiro atoms. The molecule has 2 rings (SSSR count). The van der Waals surface area contributed by atoms with Gasteiger partial charge in [-0.15, -0.1) is 0 Å². The molecule has 0 fully saturated rings. The standard InChI is InChI=1S/C13H15N3O2/c1-9-7-10(3-4-11(9)17)13(18)15-8-12-14-5-6-16(12)2/h3-7,17H,8H2,1-2H3,(H,15,18). The summed E-state index contributed by atoms with van der Waals surface area (Å²) < 4.78 is 1.85. The average molecular weight is 245 g/mol. The highest BCUT2D eigenvalue weighted by Crippen LogP contribution is 2.16. The van der Waals surface area contributed by atoms with Crippen LogP contribution in [-0.4, -0.2) is 20.6 Å². The average Bonchev–Trinajstić information content (AvgIpc) is 2.75. The Bertz CT molecular complexity index is 575. The number of amides is 1. The summed E-state index contributed by atoms with van der Waals surface area (Å²) in [5.74, 6) is 0.801. The third-order valence-electron chi connectivity index (χ3n) is 2.79. The fraction of sp³-hybridized carbons (Fsp3) is 0.231.